The number of carbonyl (C=O) groups is 1. The summed E-state index contributed by atoms with van der Waals surface area (Å²) in [5.74, 6) is 1.64. The van der Waals surface area contributed by atoms with Crippen LogP contribution in [0.25, 0.3) is 17.2 Å². The van der Waals surface area contributed by atoms with Crippen LogP contribution in [-0.4, -0.2) is 18.1 Å². The van der Waals surface area contributed by atoms with E-state index in [4.69, 9.17) is 18.7 Å². The predicted molar refractivity (Wildman–Crippen MR) is 136 cm³/mol. The molecule has 4 aromatic rings. The van der Waals surface area contributed by atoms with Gasteiger partial charge in [-0.1, -0.05) is 66.7 Å². The van der Waals surface area contributed by atoms with E-state index in [2.05, 4.69) is 10.5 Å². The fourth-order valence-corrected chi connectivity index (χ4v) is 3.47. The lowest BCUT2D eigenvalue weighted by Gasteiger charge is -2.14. The molecule has 1 aromatic heterocycles. The predicted octanol–water partition coefficient (Wildman–Crippen LogP) is 5.85. The Labute approximate surface area is 210 Å². The second-order valence-electron chi connectivity index (χ2n) is 7.94. The van der Waals surface area contributed by atoms with Gasteiger partial charge in [-0.25, -0.2) is 4.98 Å². The quantitative estimate of drug-likeness (QED) is 0.211. The van der Waals surface area contributed by atoms with Crippen LogP contribution in [0.5, 0.6) is 5.75 Å². The molecule has 1 N–H and O–H groups in total. The number of aryl methyl sites for hydroxylation is 1. The van der Waals surface area contributed by atoms with Crippen LogP contribution in [0.4, 0.5) is 0 Å². The molecule has 0 aliphatic carbocycles. The number of nitrogens with one attached hydrogen (secondary N) is 1. The Bertz CT molecular complexity index is 1300. The molecule has 0 amide bonds. The standard InChI is InChI=1S/C29H28N2O5/c1-21-26(30-29(36-21)23-13-7-4-8-14-23)20-34-27-16-10-9-15-24(27)19-35-31-25(17-18-28(32)33-2)22-11-5-3-6-12-22/h3-17,31H,18-20H2,1-2H3. The summed E-state index contributed by atoms with van der Waals surface area (Å²) >= 11 is 0. The average Bonchev–Trinajstić information content (AvgIpc) is 3.31. The van der Waals surface area contributed by atoms with Gasteiger partial charge in [-0.3, -0.25) is 15.1 Å². The van der Waals surface area contributed by atoms with Gasteiger partial charge in [-0.05, 0) is 36.8 Å². The maximum Gasteiger partial charge on any atom is 0.309 e. The van der Waals surface area contributed by atoms with Crippen LogP contribution in [-0.2, 0) is 27.6 Å². The van der Waals surface area contributed by atoms with Crippen molar-refractivity contribution in [1.29, 1.82) is 0 Å². The Balaban J connectivity index is 1.40. The zero-order chi connectivity index (χ0) is 25.2. The minimum atomic E-state index is -0.331. The van der Waals surface area contributed by atoms with E-state index in [-0.39, 0.29) is 25.6 Å². The summed E-state index contributed by atoms with van der Waals surface area (Å²) in [6, 6.07) is 27.0. The first-order valence-electron chi connectivity index (χ1n) is 11.6. The first-order valence-corrected chi connectivity index (χ1v) is 11.6. The molecule has 0 aliphatic heterocycles. The molecule has 1 heterocycles. The lowest BCUT2D eigenvalue weighted by molar-refractivity contribution is -0.139. The number of ether oxygens (including phenoxy) is 2. The third-order valence-electron chi connectivity index (χ3n) is 5.45. The van der Waals surface area contributed by atoms with Crippen LogP contribution in [0.2, 0.25) is 0 Å². The van der Waals surface area contributed by atoms with Gasteiger partial charge in [0.2, 0.25) is 5.89 Å². The summed E-state index contributed by atoms with van der Waals surface area (Å²) in [5.41, 5.74) is 7.04. The first kappa shape index (κ1) is 24.8. The highest BCUT2D eigenvalue weighted by Gasteiger charge is 2.13. The molecule has 0 bridgehead atoms. The normalized spacial score (nSPS) is 11.2. The van der Waals surface area contributed by atoms with Crippen molar-refractivity contribution in [1.82, 2.24) is 10.5 Å². The van der Waals surface area contributed by atoms with E-state index >= 15 is 0 Å². The summed E-state index contributed by atoms with van der Waals surface area (Å²) in [4.78, 5) is 22.0. The summed E-state index contributed by atoms with van der Waals surface area (Å²) < 4.78 is 16.7. The van der Waals surface area contributed by atoms with Crippen LogP contribution in [0.3, 0.4) is 0 Å². The van der Waals surface area contributed by atoms with E-state index in [0.29, 0.717) is 23.1 Å². The van der Waals surface area contributed by atoms with E-state index in [1.807, 2.05) is 91.9 Å². The molecule has 0 radical (unpaired) electrons. The number of rotatable bonds is 11. The van der Waals surface area contributed by atoms with Crippen LogP contribution in [0.15, 0.2) is 95.4 Å². The Morgan fingerprint density at radius 3 is 2.39 bits per heavy atom. The SMILES string of the molecule is COC(=O)CC=C(NOCc1ccccc1OCc1nc(-c2ccccc2)oc1C)c1ccccc1. The topological polar surface area (TPSA) is 82.8 Å². The van der Waals surface area contributed by atoms with Crippen LogP contribution in [0, 0.1) is 6.92 Å². The fourth-order valence-electron chi connectivity index (χ4n) is 3.47. The van der Waals surface area contributed by atoms with Gasteiger partial charge in [-0.2, -0.15) is 0 Å². The second-order valence-corrected chi connectivity index (χ2v) is 7.94. The van der Waals surface area contributed by atoms with E-state index < -0.39 is 0 Å². The molecular weight excluding hydrogens is 456 g/mol. The van der Waals surface area contributed by atoms with E-state index in [9.17, 15) is 4.79 Å². The summed E-state index contributed by atoms with van der Waals surface area (Å²) in [7, 11) is 1.36. The fraction of sp³-hybridized carbons (Fsp3) is 0.172. The van der Waals surface area contributed by atoms with Crippen molar-refractivity contribution in [3.63, 3.8) is 0 Å². The molecule has 0 saturated heterocycles. The zero-order valence-corrected chi connectivity index (χ0v) is 20.3. The van der Waals surface area contributed by atoms with Gasteiger partial charge in [0.05, 0.1) is 19.2 Å². The van der Waals surface area contributed by atoms with Gasteiger partial charge < -0.3 is 13.9 Å². The molecule has 0 saturated carbocycles. The first-order chi connectivity index (χ1) is 17.6. The summed E-state index contributed by atoms with van der Waals surface area (Å²) in [6.07, 6.45) is 1.86. The largest absolute Gasteiger partial charge is 0.487 e. The lowest BCUT2D eigenvalue weighted by Crippen LogP contribution is -2.14. The Kier molecular flexibility index (Phi) is 8.51. The van der Waals surface area contributed by atoms with Crippen molar-refractivity contribution in [3.05, 3.63) is 114 Å². The number of oxazole rings is 1. The Hall–Kier alpha value is -4.36. The van der Waals surface area contributed by atoms with Crippen molar-refractivity contribution >= 4 is 11.7 Å². The molecule has 0 fully saturated rings. The van der Waals surface area contributed by atoms with Gasteiger partial charge in [0.1, 0.15) is 30.4 Å². The van der Waals surface area contributed by atoms with Gasteiger partial charge in [0.25, 0.3) is 0 Å². The van der Waals surface area contributed by atoms with E-state index in [0.717, 1.165) is 22.4 Å². The molecule has 7 nitrogen and oxygen atoms in total. The third-order valence-corrected chi connectivity index (χ3v) is 5.45. The van der Waals surface area contributed by atoms with Crippen molar-refractivity contribution in [2.24, 2.45) is 0 Å². The number of esters is 1. The summed E-state index contributed by atoms with van der Waals surface area (Å²) in [5, 5.41) is 0. The van der Waals surface area contributed by atoms with Crippen molar-refractivity contribution in [2.45, 2.75) is 26.6 Å². The van der Waals surface area contributed by atoms with Gasteiger partial charge >= 0.3 is 5.97 Å². The molecule has 0 atom stereocenters. The van der Waals surface area contributed by atoms with Gasteiger partial charge in [-0.15, -0.1) is 0 Å². The Morgan fingerprint density at radius 1 is 0.944 bits per heavy atom. The number of hydroxylamine groups is 1. The highest BCUT2D eigenvalue weighted by molar-refractivity contribution is 5.74. The smallest absolute Gasteiger partial charge is 0.309 e. The number of methoxy groups -OCH3 is 1. The maximum atomic E-state index is 11.6. The molecule has 0 spiro atoms. The van der Waals surface area contributed by atoms with Crippen LogP contribution >= 0.6 is 0 Å². The number of benzene rings is 3. The second kappa shape index (κ2) is 12.4. The number of para-hydroxylation sites is 1. The highest BCUT2D eigenvalue weighted by atomic mass is 16.6. The molecule has 0 unspecified atom stereocenters. The maximum absolute atomic E-state index is 11.6. The number of hydrogen-bond acceptors (Lipinski definition) is 7. The molecule has 36 heavy (non-hydrogen) atoms. The highest BCUT2D eigenvalue weighted by Crippen LogP contribution is 2.24. The monoisotopic (exact) mass is 484 g/mol. The Morgan fingerprint density at radius 2 is 1.64 bits per heavy atom. The van der Waals surface area contributed by atoms with Crippen LogP contribution < -0.4 is 10.2 Å². The molecule has 3 aromatic carbocycles. The molecule has 4 rings (SSSR count). The van der Waals surface area contributed by atoms with Crippen molar-refractivity contribution < 1.29 is 23.5 Å². The third kappa shape index (κ3) is 6.61. The zero-order valence-electron chi connectivity index (χ0n) is 20.3. The molecular formula is C29H28N2O5. The molecule has 7 heteroatoms. The number of aromatic nitrogens is 1. The van der Waals surface area contributed by atoms with Crippen LogP contribution in [0.1, 0.15) is 29.0 Å². The van der Waals surface area contributed by atoms with Crippen molar-refractivity contribution in [3.8, 4) is 17.2 Å². The molecule has 0 aliphatic rings. The minimum absolute atomic E-state index is 0.124. The molecule has 184 valence electrons. The number of nitrogens with zero attached hydrogens (tertiary/aromatic N) is 1. The van der Waals surface area contributed by atoms with Gasteiger partial charge in [0.15, 0.2) is 0 Å². The van der Waals surface area contributed by atoms with Gasteiger partial charge in [0, 0.05) is 11.1 Å². The van der Waals surface area contributed by atoms with E-state index in [1.54, 1.807) is 6.08 Å². The number of carbonyl (C=O) groups excluding carboxylic acids is 1. The van der Waals surface area contributed by atoms with Crippen molar-refractivity contribution in [2.75, 3.05) is 7.11 Å². The van der Waals surface area contributed by atoms with E-state index in [1.165, 1.54) is 7.11 Å². The minimum Gasteiger partial charge on any atom is -0.487 e. The summed E-state index contributed by atoms with van der Waals surface area (Å²) in [6.45, 7) is 2.38. The lowest BCUT2D eigenvalue weighted by atomic mass is 10.1. The number of hydrogen-bond donors (Lipinski definition) is 1. The average molecular weight is 485 g/mol.